The fourth-order valence-electron chi connectivity index (χ4n) is 1.57. The van der Waals surface area contributed by atoms with Crippen LogP contribution < -0.4 is 10.5 Å². The molecule has 0 aromatic heterocycles. The van der Waals surface area contributed by atoms with E-state index in [0.29, 0.717) is 0 Å². The van der Waals surface area contributed by atoms with Crippen LogP contribution in [0.15, 0.2) is 17.3 Å². The molecule has 0 radical (unpaired) electrons. The van der Waals surface area contributed by atoms with Crippen LogP contribution in [0, 0.1) is 4.91 Å². The summed E-state index contributed by atoms with van der Waals surface area (Å²) in [6, 6.07) is 1.04. The third kappa shape index (κ3) is 3.97. The van der Waals surface area contributed by atoms with Crippen molar-refractivity contribution >= 4 is 12.1 Å². The fourth-order valence-corrected chi connectivity index (χ4v) is 1.72. The lowest BCUT2D eigenvalue weighted by atomic mass is 10.0. The average Bonchev–Trinajstić information content (AvgIpc) is 2.33. The average molecular weight is 290 g/mol. The number of hydrogen-bond donors (Lipinski definition) is 3. The summed E-state index contributed by atoms with van der Waals surface area (Å²) in [6.07, 6.45) is 0. The highest BCUT2D eigenvalue weighted by Gasteiger charge is 2.21. The fraction of sp³-hybridized carbons (Fsp3) is 0.455. The Kier molecular flexibility index (Phi) is 5.84. The van der Waals surface area contributed by atoms with Crippen molar-refractivity contribution in [2.75, 3.05) is 12.4 Å². The van der Waals surface area contributed by atoms with Crippen molar-refractivity contribution in [3.8, 4) is 17.2 Å². The van der Waals surface area contributed by atoms with Gasteiger partial charge in [-0.1, -0.05) is 5.18 Å². The van der Waals surface area contributed by atoms with Crippen LogP contribution in [0.1, 0.15) is 18.5 Å². The van der Waals surface area contributed by atoms with Crippen LogP contribution in [-0.2, 0) is 0 Å². The van der Waals surface area contributed by atoms with E-state index in [1.54, 1.807) is 6.92 Å². The van der Waals surface area contributed by atoms with Crippen LogP contribution in [0.25, 0.3) is 0 Å². The van der Waals surface area contributed by atoms with Gasteiger partial charge in [0.15, 0.2) is 11.5 Å². The highest BCUT2D eigenvalue weighted by Crippen LogP contribution is 2.39. The van der Waals surface area contributed by atoms with Crippen LogP contribution in [0.4, 0.5) is 3.89 Å². The van der Waals surface area contributed by atoms with Crippen LogP contribution in [-0.4, -0.2) is 28.6 Å². The zero-order valence-electron chi connectivity index (χ0n) is 10.2. The van der Waals surface area contributed by atoms with E-state index in [0.717, 1.165) is 0 Å². The number of nitrogens with zero attached hydrogens (tertiary/aromatic N) is 1. The van der Waals surface area contributed by atoms with Crippen molar-refractivity contribution in [2.45, 2.75) is 19.0 Å². The lowest BCUT2D eigenvalue weighted by Crippen LogP contribution is -2.23. The summed E-state index contributed by atoms with van der Waals surface area (Å²) >= 11 is 0.0871. The van der Waals surface area contributed by atoms with Crippen molar-refractivity contribution in [2.24, 2.45) is 10.9 Å². The number of nitroso groups, excluding NO2 is 1. The predicted molar refractivity (Wildman–Crippen MR) is 71.0 cm³/mol. The number of ether oxygens (including phenoxy) is 1. The van der Waals surface area contributed by atoms with Crippen molar-refractivity contribution in [3.05, 3.63) is 22.6 Å². The van der Waals surface area contributed by atoms with E-state index in [1.807, 2.05) is 0 Å². The summed E-state index contributed by atoms with van der Waals surface area (Å²) in [4.78, 5) is 10.7. The summed E-state index contributed by atoms with van der Waals surface area (Å²) < 4.78 is 16.9. The Morgan fingerprint density at radius 3 is 2.47 bits per heavy atom. The van der Waals surface area contributed by atoms with Gasteiger partial charge in [-0.15, -0.1) is 0 Å². The molecule has 2 unspecified atom stereocenters. The number of nitrogens with two attached hydrogens (primary N) is 1. The second-order valence-electron chi connectivity index (χ2n) is 3.96. The highest BCUT2D eigenvalue weighted by atomic mass is 32.2. The monoisotopic (exact) mass is 290 g/mol. The van der Waals surface area contributed by atoms with Gasteiger partial charge in [0.25, 0.3) is 0 Å². The van der Waals surface area contributed by atoms with Gasteiger partial charge in [0.1, 0.15) is 12.6 Å². The van der Waals surface area contributed by atoms with E-state index in [2.05, 4.69) is 5.18 Å². The van der Waals surface area contributed by atoms with E-state index in [9.17, 15) is 19.0 Å². The number of hydrogen-bond acceptors (Lipinski definition) is 7. The van der Waals surface area contributed by atoms with Crippen LogP contribution >= 0.6 is 12.1 Å². The molecule has 1 aromatic rings. The van der Waals surface area contributed by atoms with E-state index in [-0.39, 0.29) is 47.3 Å². The molecule has 0 saturated heterocycles. The minimum absolute atomic E-state index is 0.00964. The molecule has 0 bridgehead atoms. The third-order valence-electron chi connectivity index (χ3n) is 2.43. The molecule has 6 nitrogen and oxygen atoms in total. The molecule has 0 aliphatic carbocycles. The van der Waals surface area contributed by atoms with E-state index >= 15 is 0 Å². The molecule has 1 rings (SSSR count). The van der Waals surface area contributed by atoms with Gasteiger partial charge in [-0.05, 0) is 24.6 Å². The Morgan fingerprint density at radius 2 is 2.05 bits per heavy atom. The Hall–Kier alpha value is -1.54. The van der Waals surface area contributed by atoms with E-state index in [4.69, 9.17) is 10.5 Å². The topological polar surface area (TPSA) is 105 Å². The first-order valence-electron chi connectivity index (χ1n) is 5.51. The zero-order valence-corrected chi connectivity index (χ0v) is 11.1. The standard InChI is InChI=1S/C11H15FN2O4S/c1-6(13)10(14-17)7-4-8(15)11(9(16)5-7)18-2-3-19-12/h4-6,10,15-16H,2-3,13H2,1H3. The van der Waals surface area contributed by atoms with E-state index in [1.165, 1.54) is 12.1 Å². The smallest absolute Gasteiger partial charge is 0.203 e. The van der Waals surface area contributed by atoms with Crippen molar-refractivity contribution < 1.29 is 18.8 Å². The minimum Gasteiger partial charge on any atom is -0.504 e. The van der Waals surface area contributed by atoms with Gasteiger partial charge >= 0.3 is 0 Å². The summed E-state index contributed by atoms with van der Waals surface area (Å²) in [5.41, 5.74) is 5.87. The molecule has 0 spiro atoms. The Morgan fingerprint density at radius 1 is 1.47 bits per heavy atom. The van der Waals surface area contributed by atoms with Gasteiger partial charge in [0.2, 0.25) is 5.75 Å². The second-order valence-corrected chi connectivity index (χ2v) is 4.59. The number of phenolic OH excluding ortho intramolecular Hbond substituents is 2. The van der Waals surface area contributed by atoms with E-state index < -0.39 is 12.1 Å². The first kappa shape index (κ1) is 15.5. The summed E-state index contributed by atoms with van der Waals surface area (Å²) in [5.74, 6) is -0.799. The van der Waals surface area contributed by atoms with Gasteiger partial charge in [-0.2, -0.15) is 8.79 Å². The normalized spacial score (nSPS) is 13.8. The molecule has 1 aromatic carbocycles. The van der Waals surface area contributed by atoms with Crippen molar-refractivity contribution in [1.82, 2.24) is 0 Å². The molecular weight excluding hydrogens is 275 g/mol. The summed E-state index contributed by atoms with van der Waals surface area (Å²) in [6.45, 7) is 1.58. The van der Waals surface area contributed by atoms with Gasteiger partial charge in [0, 0.05) is 18.2 Å². The maximum absolute atomic E-state index is 11.9. The van der Waals surface area contributed by atoms with Crippen molar-refractivity contribution in [1.29, 1.82) is 0 Å². The molecular formula is C11H15FN2O4S. The maximum atomic E-state index is 11.9. The minimum atomic E-state index is -0.882. The Labute approximate surface area is 114 Å². The number of rotatable bonds is 7. The van der Waals surface area contributed by atoms with Crippen molar-refractivity contribution in [3.63, 3.8) is 0 Å². The molecule has 0 saturated carbocycles. The van der Waals surface area contributed by atoms with Gasteiger partial charge in [-0.25, -0.2) is 0 Å². The molecule has 0 heterocycles. The number of benzene rings is 1. The molecule has 0 fully saturated rings. The number of phenols is 2. The third-order valence-corrected chi connectivity index (χ3v) is 2.75. The van der Waals surface area contributed by atoms with Gasteiger partial charge in [-0.3, -0.25) is 0 Å². The SMILES string of the molecule is CC(N)C(N=O)c1cc(O)c(OCCSF)c(O)c1. The molecule has 4 N–H and O–H groups in total. The first-order valence-corrected chi connectivity index (χ1v) is 6.40. The lowest BCUT2D eigenvalue weighted by Gasteiger charge is -2.16. The number of halogens is 1. The quantitative estimate of drug-likeness (QED) is 0.525. The molecule has 0 aliphatic rings. The molecule has 2 atom stereocenters. The van der Waals surface area contributed by atoms with Crippen LogP contribution in [0.2, 0.25) is 0 Å². The molecule has 0 amide bonds. The molecule has 8 heteroatoms. The predicted octanol–water partition coefficient (Wildman–Crippen LogP) is 2.25. The Balaban J connectivity index is 2.98. The molecule has 19 heavy (non-hydrogen) atoms. The first-order chi connectivity index (χ1) is 9.01. The summed E-state index contributed by atoms with van der Waals surface area (Å²) in [5, 5.41) is 22.3. The second kappa shape index (κ2) is 7.15. The van der Waals surface area contributed by atoms with Crippen LogP contribution in [0.3, 0.4) is 0 Å². The lowest BCUT2D eigenvalue weighted by molar-refractivity contribution is 0.300. The zero-order chi connectivity index (χ0) is 14.4. The Bertz CT molecular complexity index is 422. The maximum Gasteiger partial charge on any atom is 0.203 e. The highest BCUT2D eigenvalue weighted by molar-refractivity contribution is 7.94. The van der Waals surface area contributed by atoms with Gasteiger partial charge in [0.05, 0.1) is 5.75 Å². The van der Waals surface area contributed by atoms with Gasteiger partial charge < -0.3 is 20.7 Å². The molecule has 0 aliphatic heterocycles. The van der Waals surface area contributed by atoms with Crippen LogP contribution in [0.5, 0.6) is 17.2 Å². The molecule has 106 valence electrons. The number of aromatic hydroxyl groups is 2. The summed E-state index contributed by atoms with van der Waals surface area (Å²) in [7, 11) is 0. The largest absolute Gasteiger partial charge is 0.504 e.